The first-order chi connectivity index (χ1) is 7.99. The van der Waals surface area contributed by atoms with Gasteiger partial charge in [0.05, 0.1) is 11.2 Å². The number of nitrogens with zero attached hydrogens (tertiary/aromatic N) is 1. The van der Waals surface area contributed by atoms with E-state index in [2.05, 4.69) is 38.0 Å². The highest BCUT2D eigenvalue weighted by Gasteiger charge is 2.15. The number of hydrogen-bond donors (Lipinski definition) is 1. The van der Waals surface area contributed by atoms with Gasteiger partial charge in [-0.15, -0.1) is 0 Å². The number of pyridine rings is 1. The summed E-state index contributed by atoms with van der Waals surface area (Å²) in [7, 11) is 0. The minimum Gasteiger partial charge on any atom is -0.487 e. The minimum absolute atomic E-state index is 0.123. The SMILES string of the molecule is CC(C)NCC(Oc1cncc(Cl)c1)C(C)C. The van der Waals surface area contributed by atoms with Crippen LogP contribution < -0.4 is 10.1 Å². The molecule has 1 rings (SSSR count). The Hall–Kier alpha value is -0.800. The van der Waals surface area contributed by atoms with Gasteiger partial charge in [0.25, 0.3) is 0 Å². The molecule has 0 aliphatic carbocycles. The summed E-state index contributed by atoms with van der Waals surface area (Å²) in [5.41, 5.74) is 0. The van der Waals surface area contributed by atoms with Gasteiger partial charge >= 0.3 is 0 Å². The molecule has 0 amide bonds. The fourth-order valence-corrected chi connectivity index (χ4v) is 1.56. The van der Waals surface area contributed by atoms with Crippen LogP contribution in [0.3, 0.4) is 0 Å². The van der Waals surface area contributed by atoms with Crippen LogP contribution in [0.25, 0.3) is 0 Å². The number of rotatable bonds is 6. The van der Waals surface area contributed by atoms with Crippen LogP contribution in [0.4, 0.5) is 0 Å². The number of ether oxygens (including phenoxy) is 1. The normalized spacial score (nSPS) is 13.1. The van der Waals surface area contributed by atoms with E-state index in [1.54, 1.807) is 18.5 Å². The van der Waals surface area contributed by atoms with Crippen LogP contribution in [-0.4, -0.2) is 23.7 Å². The third kappa shape index (κ3) is 5.37. The Morgan fingerprint density at radius 1 is 1.29 bits per heavy atom. The van der Waals surface area contributed by atoms with E-state index in [1.165, 1.54) is 0 Å². The van der Waals surface area contributed by atoms with E-state index in [-0.39, 0.29) is 6.10 Å². The van der Waals surface area contributed by atoms with Gasteiger partial charge in [0.1, 0.15) is 11.9 Å². The van der Waals surface area contributed by atoms with Crippen molar-refractivity contribution >= 4 is 11.6 Å². The van der Waals surface area contributed by atoms with Crippen LogP contribution in [0.1, 0.15) is 27.7 Å². The molecule has 1 heterocycles. The Morgan fingerprint density at radius 3 is 2.53 bits per heavy atom. The summed E-state index contributed by atoms with van der Waals surface area (Å²) < 4.78 is 5.90. The lowest BCUT2D eigenvalue weighted by atomic mass is 10.1. The van der Waals surface area contributed by atoms with Crippen LogP contribution in [0, 0.1) is 5.92 Å². The number of hydrogen-bond acceptors (Lipinski definition) is 3. The molecule has 0 saturated heterocycles. The summed E-state index contributed by atoms with van der Waals surface area (Å²) in [6.07, 6.45) is 3.42. The second-order valence-corrected chi connectivity index (χ2v) is 5.24. The van der Waals surface area contributed by atoms with Gasteiger partial charge in [-0.3, -0.25) is 4.98 Å². The molecule has 1 N–H and O–H groups in total. The molecule has 4 heteroatoms. The molecular weight excluding hydrogens is 236 g/mol. The first-order valence-corrected chi connectivity index (χ1v) is 6.37. The largest absolute Gasteiger partial charge is 0.487 e. The molecule has 0 fully saturated rings. The summed E-state index contributed by atoms with van der Waals surface area (Å²) in [6.45, 7) is 9.35. The van der Waals surface area contributed by atoms with Gasteiger partial charge in [-0.25, -0.2) is 0 Å². The van der Waals surface area contributed by atoms with Crippen molar-refractivity contribution in [2.24, 2.45) is 5.92 Å². The van der Waals surface area contributed by atoms with Crippen LogP contribution in [0.2, 0.25) is 5.02 Å². The lowest BCUT2D eigenvalue weighted by molar-refractivity contribution is 0.146. The van der Waals surface area contributed by atoms with Crippen molar-refractivity contribution in [3.8, 4) is 5.75 Å². The Bertz CT molecular complexity index is 342. The molecule has 0 spiro atoms. The van der Waals surface area contributed by atoms with Crippen LogP contribution in [0.15, 0.2) is 18.5 Å². The smallest absolute Gasteiger partial charge is 0.139 e. The lowest BCUT2D eigenvalue weighted by Crippen LogP contribution is -2.38. The molecule has 1 aromatic heterocycles. The maximum atomic E-state index is 5.90. The zero-order valence-corrected chi connectivity index (χ0v) is 11.7. The molecule has 3 nitrogen and oxygen atoms in total. The second-order valence-electron chi connectivity index (χ2n) is 4.80. The van der Waals surface area contributed by atoms with E-state index in [1.807, 2.05) is 0 Å². The van der Waals surface area contributed by atoms with E-state index in [0.717, 1.165) is 12.3 Å². The summed E-state index contributed by atoms with van der Waals surface area (Å²) >= 11 is 5.88. The molecule has 0 saturated carbocycles. The van der Waals surface area contributed by atoms with Crippen molar-refractivity contribution in [1.29, 1.82) is 0 Å². The fraction of sp³-hybridized carbons (Fsp3) is 0.615. The summed E-state index contributed by atoms with van der Waals surface area (Å²) in [5.74, 6) is 1.15. The standard InChI is InChI=1S/C13H21ClN2O/c1-9(2)13(8-16-10(3)4)17-12-5-11(14)6-15-7-12/h5-7,9-10,13,16H,8H2,1-4H3. The van der Waals surface area contributed by atoms with Crippen LogP contribution in [-0.2, 0) is 0 Å². The summed E-state index contributed by atoms with van der Waals surface area (Å²) in [4.78, 5) is 4.01. The first-order valence-electron chi connectivity index (χ1n) is 5.99. The highest BCUT2D eigenvalue weighted by atomic mass is 35.5. The van der Waals surface area contributed by atoms with Crippen molar-refractivity contribution in [3.05, 3.63) is 23.5 Å². The quantitative estimate of drug-likeness (QED) is 0.849. The molecular formula is C13H21ClN2O. The maximum absolute atomic E-state index is 5.90. The van der Waals surface area contributed by atoms with Crippen molar-refractivity contribution in [2.45, 2.75) is 39.8 Å². The van der Waals surface area contributed by atoms with Gasteiger partial charge in [-0.05, 0) is 5.92 Å². The van der Waals surface area contributed by atoms with Gasteiger partial charge in [0, 0.05) is 24.8 Å². The Kier molecular flexibility index (Phi) is 5.72. The average Bonchev–Trinajstić information content (AvgIpc) is 2.23. The lowest BCUT2D eigenvalue weighted by Gasteiger charge is -2.24. The molecule has 17 heavy (non-hydrogen) atoms. The van der Waals surface area contributed by atoms with E-state index in [4.69, 9.17) is 16.3 Å². The zero-order valence-electron chi connectivity index (χ0n) is 10.9. The second kappa shape index (κ2) is 6.82. The van der Waals surface area contributed by atoms with E-state index >= 15 is 0 Å². The van der Waals surface area contributed by atoms with Gasteiger partial charge in [0.2, 0.25) is 0 Å². The Balaban J connectivity index is 2.60. The molecule has 1 unspecified atom stereocenters. The van der Waals surface area contributed by atoms with E-state index in [0.29, 0.717) is 17.0 Å². The highest BCUT2D eigenvalue weighted by molar-refractivity contribution is 6.30. The molecule has 0 radical (unpaired) electrons. The summed E-state index contributed by atoms with van der Waals surface area (Å²) in [5, 5.41) is 3.98. The third-order valence-electron chi connectivity index (χ3n) is 2.44. The van der Waals surface area contributed by atoms with Crippen molar-refractivity contribution in [1.82, 2.24) is 10.3 Å². The van der Waals surface area contributed by atoms with Crippen molar-refractivity contribution in [2.75, 3.05) is 6.54 Å². The topological polar surface area (TPSA) is 34.1 Å². The van der Waals surface area contributed by atoms with Crippen LogP contribution in [0.5, 0.6) is 5.75 Å². The van der Waals surface area contributed by atoms with Crippen molar-refractivity contribution < 1.29 is 4.74 Å². The fourth-order valence-electron chi connectivity index (χ4n) is 1.40. The molecule has 0 aliphatic heterocycles. The monoisotopic (exact) mass is 256 g/mol. The van der Waals surface area contributed by atoms with E-state index < -0.39 is 0 Å². The first kappa shape index (κ1) is 14.3. The average molecular weight is 257 g/mol. The summed E-state index contributed by atoms with van der Waals surface area (Å²) in [6, 6.07) is 2.25. The van der Waals surface area contributed by atoms with Gasteiger partial charge in [-0.2, -0.15) is 0 Å². The minimum atomic E-state index is 0.123. The molecule has 1 atom stereocenters. The predicted octanol–water partition coefficient (Wildman–Crippen LogP) is 3.14. The molecule has 0 bridgehead atoms. The third-order valence-corrected chi connectivity index (χ3v) is 2.64. The van der Waals surface area contributed by atoms with Gasteiger partial charge in [0.15, 0.2) is 0 Å². The number of aromatic nitrogens is 1. The zero-order chi connectivity index (χ0) is 12.8. The number of nitrogens with one attached hydrogen (secondary N) is 1. The highest BCUT2D eigenvalue weighted by Crippen LogP contribution is 2.18. The van der Waals surface area contributed by atoms with Crippen LogP contribution >= 0.6 is 11.6 Å². The molecule has 1 aromatic rings. The van der Waals surface area contributed by atoms with Gasteiger partial charge < -0.3 is 10.1 Å². The Labute approximate surface area is 109 Å². The molecule has 0 aromatic carbocycles. The maximum Gasteiger partial charge on any atom is 0.139 e. The number of halogens is 1. The predicted molar refractivity (Wildman–Crippen MR) is 71.6 cm³/mol. The van der Waals surface area contributed by atoms with Gasteiger partial charge in [-0.1, -0.05) is 39.3 Å². The Morgan fingerprint density at radius 2 is 2.00 bits per heavy atom. The van der Waals surface area contributed by atoms with E-state index in [9.17, 15) is 0 Å². The molecule has 96 valence electrons. The van der Waals surface area contributed by atoms with Crippen molar-refractivity contribution in [3.63, 3.8) is 0 Å². The molecule has 0 aliphatic rings.